The van der Waals surface area contributed by atoms with Crippen LogP contribution in [0.2, 0.25) is 5.02 Å². The number of benzene rings is 2. The van der Waals surface area contributed by atoms with Gasteiger partial charge in [0.25, 0.3) is 0 Å². The van der Waals surface area contributed by atoms with Crippen molar-refractivity contribution in [1.29, 1.82) is 0 Å². The number of fused-ring (bicyclic) bond motifs is 1. The minimum Gasteiger partial charge on any atom is -0.493 e. The van der Waals surface area contributed by atoms with Gasteiger partial charge in [-0.05, 0) is 36.4 Å². The second-order valence-corrected chi connectivity index (χ2v) is 4.63. The van der Waals surface area contributed by atoms with Gasteiger partial charge >= 0.3 is 0 Å². The smallest absolute Gasteiger partial charge is 0.218 e. The van der Waals surface area contributed by atoms with E-state index in [1.807, 2.05) is 0 Å². The molecule has 1 heterocycles. The van der Waals surface area contributed by atoms with Gasteiger partial charge in [0, 0.05) is 10.4 Å². The summed E-state index contributed by atoms with van der Waals surface area (Å²) in [6.07, 6.45) is 0. The Hall–Kier alpha value is -2.40. The second kappa shape index (κ2) is 4.94. The van der Waals surface area contributed by atoms with E-state index in [4.69, 9.17) is 11.6 Å². The Labute approximate surface area is 118 Å². The van der Waals surface area contributed by atoms with E-state index in [-0.39, 0.29) is 11.6 Å². The molecule has 20 heavy (non-hydrogen) atoms. The van der Waals surface area contributed by atoms with Crippen LogP contribution >= 0.6 is 11.6 Å². The molecule has 0 spiro atoms. The number of aromatic hydroxyl groups is 1. The molecule has 0 fully saturated rings. The largest absolute Gasteiger partial charge is 0.493 e. The van der Waals surface area contributed by atoms with Crippen molar-refractivity contribution in [3.63, 3.8) is 0 Å². The summed E-state index contributed by atoms with van der Waals surface area (Å²) in [5.74, 6) is -0.563. The molecule has 100 valence electrons. The summed E-state index contributed by atoms with van der Waals surface area (Å²) < 4.78 is 13.3. The van der Waals surface area contributed by atoms with Gasteiger partial charge in [-0.3, -0.25) is 0 Å². The van der Waals surface area contributed by atoms with Gasteiger partial charge in [-0.2, -0.15) is 5.11 Å². The number of hydrogen-bond acceptors (Lipinski definition) is 3. The molecule has 0 saturated heterocycles. The fraction of sp³-hybridized carbons (Fsp3) is 0. The summed E-state index contributed by atoms with van der Waals surface area (Å²) in [5.41, 5.74) is 1.33. The lowest BCUT2D eigenvalue weighted by Gasteiger charge is -1.94. The number of nitrogens with zero attached hydrogens (tertiary/aromatic N) is 2. The van der Waals surface area contributed by atoms with Gasteiger partial charge in [-0.1, -0.05) is 17.7 Å². The molecular formula is C14H9ClFN3O. The maximum Gasteiger partial charge on any atom is 0.218 e. The van der Waals surface area contributed by atoms with Crippen molar-refractivity contribution in [2.45, 2.75) is 0 Å². The van der Waals surface area contributed by atoms with Crippen molar-refractivity contribution in [2.24, 2.45) is 10.2 Å². The lowest BCUT2D eigenvalue weighted by atomic mass is 10.2. The third kappa shape index (κ3) is 2.35. The zero-order chi connectivity index (χ0) is 14.1. The lowest BCUT2D eigenvalue weighted by Crippen LogP contribution is -1.72. The monoisotopic (exact) mass is 289 g/mol. The van der Waals surface area contributed by atoms with Crippen LogP contribution in [0.3, 0.4) is 0 Å². The quantitative estimate of drug-likeness (QED) is 0.635. The van der Waals surface area contributed by atoms with Crippen LogP contribution in [0.15, 0.2) is 52.7 Å². The molecule has 0 aliphatic rings. The first-order chi connectivity index (χ1) is 9.63. The molecule has 4 nitrogen and oxygen atoms in total. The Kier molecular flexibility index (Phi) is 3.12. The van der Waals surface area contributed by atoms with Crippen LogP contribution in [0.25, 0.3) is 10.9 Å². The number of hydrogen-bond donors (Lipinski definition) is 2. The SMILES string of the molecule is Oc1[nH]c2ccc(F)cc2c1N=Nc1cccc(Cl)c1. The van der Waals surface area contributed by atoms with E-state index >= 15 is 0 Å². The first kappa shape index (κ1) is 12.6. The van der Waals surface area contributed by atoms with Crippen LogP contribution < -0.4 is 0 Å². The molecule has 0 amide bonds. The van der Waals surface area contributed by atoms with Gasteiger partial charge in [0.2, 0.25) is 5.88 Å². The predicted molar refractivity (Wildman–Crippen MR) is 75.5 cm³/mol. The highest BCUT2D eigenvalue weighted by molar-refractivity contribution is 6.30. The summed E-state index contributed by atoms with van der Waals surface area (Å²) in [4.78, 5) is 2.71. The summed E-state index contributed by atoms with van der Waals surface area (Å²) >= 11 is 5.85. The van der Waals surface area contributed by atoms with E-state index in [9.17, 15) is 9.50 Å². The van der Waals surface area contributed by atoms with Crippen LogP contribution in [-0.2, 0) is 0 Å². The zero-order valence-electron chi connectivity index (χ0n) is 10.1. The molecule has 6 heteroatoms. The summed E-state index contributed by atoms with van der Waals surface area (Å²) in [6, 6.07) is 10.9. The Morgan fingerprint density at radius 1 is 1.10 bits per heavy atom. The molecule has 0 atom stereocenters. The van der Waals surface area contributed by atoms with Gasteiger partial charge in [0.1, 0.15) is 5.82 Å². The van der Waals surface area contributed by atoms with Crippen LogP contribution in [0.5, 0.6) is 5.88 Å². The van der Waals surface area contributed by atoms with Crippen molar-refractivity contribution >= 4 is 33.9 Å². The van der Waals surface area contributed by atoms with Gasteiger partial charge in [0.15, 0.2) is 5.69 Å². The molecule has 0 radical (unpaired) electrons. The van der Waals surface area contributed by atoms with Crippen LogP contribution in [0.1, 0.15) is 0 Å². The highest BCUT2D eigenvalue weighted by atomic mass is 35.5. The van der Waals surface area contributed by atoms with Crippen molar-refractivity contribution in [2.75, 3.05) is 0 Å². The van der Waals surface area contributed by atoms with E-state index in [1.54, 1.807) is 24.3 Å². The van der Waals surface area contributed by atoms with Crippen molar-refractivity contribution in [1.82, 2.24) is 4.98 Å². The second-order valence-electron chi connectivity index (χ2n) is 4.19. The summed E-state index contributed by atoms with van der Waals surface area (Å²) in [5, 5.41) is 18.8. The molecule has 0 aliphatic heterocycles. The third-order valence-electron chi connectivity index (χ3n) is 2.79. The van der Waals surface area contributed by atoms with Crippen LogP contribution in [-0.4, -0.2) is 10.1 Å². The average Bonchev–Trinajstić information content (AvgIpc) is 2.72. The predicted octanol–water partition coefficient (Wildman–Crippen LogP) is 5.08. The highest BCUT2D eigenvalue weighted by Crippen LogP contribution is 2.36. The molecule has 0 saturated carbocycles. The first-order valence-corrected chi connectivity index (χ1v) is 6.19. The topological polar surface area (TPSA) is 60.7 Å². The number of H-pyrrole nitrogens is 1. The standard InChI is InChI=1S/C14H9ClFN3O/c15-8-2-1-3-10(6-8)18-19-13-11-7-9(16)4-5-12(11)17-14(13)20/h1-7,17,20H. The fourth-order valence-electron chi connectivity index (χ4n) is 1.88. The molecule has 0 aliphatic carbocycles. The van der Waals surface area contributed by atoms with E-state index in [1.165, 1.54) is 18.2 Å². The van der Waals surface area contributed by atoms with E-state index in [2.05, 4.69) is 15.2 Å². The van der Waals surface area contributed by atoms with Crippen molar-refractivity contribution < 1.29 is 9.50 Å². The Morgan fingerprint density at radius 2 is 1.95 bits per heavy atom. The average molecular weight is 290 g/mol. The number of rotatable bonds is 2. The van der Waals surface area contributed by atoms with E-state index in [0.29, 0.717) is 21.6 Å². The third-order valence-corrected chi connectivity index (χ3v) is 3.02. The number of aromatic nitrogens is 1. The van der Waals surface area contributed by atoms with Gasteiger partial charge in [-0.15, -0.1) is 5.11 Å². The Balaban J connectivity index is 2.06. The first-order valence-electron chi connectivity index (χ1n) is 5.81. The van der Waals surface area contributed by atoms with E-state index < -0.39 is 5.82 Å². The summed E-state index contributed by atoms with van der Waals surface area (Å²) in [6.45, 7) is 0. The molecule has 0 bridgehead atoms. The Morgan fingerprint density at radius 3 is 2.75 bits per heavy atom. The molecule has 2 aromatic carbocycles. The molecule has 0 unspecified atom stereocenters. The number of azo groups is 1. The van der Waals surface area contributed by atoms with Gasteiger partial charge in [-0.25, -0.2) is 4.39 Å². The summed E-state index contributed by atoms with van der Waals surface area (Å²) in [7, 11) is 0. The van der Waals surface area contributed by atoms with Gasteiger partial charge in [0.05, 0.1) is 11.2 Å². The molecule has 3 rings (SSSR count). The van der Waals surface area contributed by atoms with Crippen molar-refractivity contribution in [3.8, 4) is 5.88 Å². The lowest BCUT2D eigenvalue weighted by molar-refractivity contribution is 0.459. The number of aromatic amines is 1. The van der Waals surface area contributed by atoms with Crippen LogP contribution in [0.4, 0.5) is 15.8 Å². The minimum atomic E-state index is -0.407. The normalized spacial score (nSPS) is 11.5. The number of nitrogens with one attached hydrogen (secondary N) is 1. The van der Waals surface area contributed by atoms with Crippen molar-refractivity contribution in [3.05, 3.63) is 53.3 Å². The maximum atomic E-state index is 13.3. The molecule has 1 aromatic heterocycles. The minimum absolute atomic E-state index is 0.156. The zero-order valence-corrected chi connectivity index (χ0v) is 10.9. The van der Waals surface area contributed by atoms with Crippen LogP contribution in [0, 0.1) is 5.82 Å². The molecule has 2 N–H and O–H groups in total. The molecule has 3 aromatic rings. The highest BCUT2D eigenvalue weighted by Gasteiger charge is 2.11. The van der Waals surface area contributed by atoms with E-state index in [0.717, 1.165) is 0 Å². The number of halogens is 2. The van der Waals surface area contributed by atoms with Gasteiger partial charge < -0.3 is 10.1 Å². The fourth-order valence-corrected chi connectivity index (χ4v) is 2.07. The Bertz CT molecular complexity index is 813. The molecular weight excluding hydrogens is 281 g/mol. The maximum absolute atomic E-state index is 13.3.